The highest BCUT2D eigenvalue weighted by Gasteiger charge is 2.16. The second-order valence-corrected chi connectivity index (χ2v) is 4.60. The minimum Gasteiger partial charge on any atom is -0.490 e. The Kier molecular flexibility index (Phi) is 3.83. The summed E-state index contributed by atoms with van der Waals surface area (Å²) in [5.74, 6) is 1.01. The van der Waals surface area contributed by atoms with Crippen molar-refractivity contribution >= 4 is 0 Å². The smallest absolute Gasteiger partial charge is 0.119 e. The first-order valence-electron chi connectivity index (χ1n) is 6.23. The predicted molar refractivity (Wildman–Crippen MR) is 66.8 cm³/mol. The summed E-state index contributed by atoms with van der Waals surface area (Å²) in [6.45, 7) is 2.16. The van der Waals surface area contributed by atoms with E-state index in [1.165, 1.54) is 31.2 Å². The van der Waals surface area contributed by atoms with E-state index in [4.69, 9.17) is 4.74 Å². The van der Waals surface area contributed by atoms with Crippen LogP contribution < -0.4 is 10.1 Å². The molecule has 1 aromatic rings. The number of benzene rings is 1. The van der Waals surface area contributed by atoms with Gasteiger partial charge in [0.2, 0.25) is 0 Å². The monoisotopic (exact) mass is 219 g/mol. The van der Waals surface area contributed by atoms with E-state index >= 15 is 0 Å². The minimum atomic E-state index is 0.403. The van der Waals surface area contributed by atoms with Gasteiger partial charge in [-0.25, -0.2) is 0 Å². The molecule has 1 aromatic carbocycles. The molecular formula is C14H21NO. The predicted octanol–water partition coefficient (Wildman–Crippen LogP) is 3.29. The molecule has 2 nitrogen and oxygen atoms in total. The van der Waals surface area contributed by atoms with Gasteiger partial charge in [0.25, 0.3) is 0 Å². The fourth-order valence-corrected chi connectivity index (χ4v) is 2.20. The first-order chi connectivity index (χ1) is 7.79. The summed E-state index contributed by atoms with van der Waals surface area (Å²) in [4.78, 5) is 0. The lowest BCUT2D eigenvalue weighted by Gasteiger charge is -2.15. The van der Waals surface area contributed by atoms with Gasteiger partial charge in [-0.15, -0.1) is 0 Å². The average Bonchev–Trinajstić information content (AvgIpc) is 2.82. The maximum absolute atomic E-state index is 5.92. The lowest BCUT2D eigenvalue weighted by molar-refractivity contribution is 0.210. The largest absolute Gasteiger partial charge is 0.490 e. The summed E-state index contributed by atoms with van der Waals surface area (Å²) >= 11 is 0. The topological polar surface area (TPSA) is 21.3 Å². The van der Waals surface area contributed by atoms with Gasteiger partial charge in [-0.05, 0) is 57.4 Å². The van der Waals surface area contributed by atoms with Crippen molar-refractivity contribution in [1.82, 2.24) is 5.32 Å². The van der Waals surface area contributed by atoms with Crippen molar-refractivity contribution in [1.29, 1.82) is 0 Å². The molecule has 0 aliphatic heterocycles. The number of hydrogen-bond donors (Lipinski definition) is 1. The van der Waals surface area contributed by atoms with Crippen LogP contribution in [-0.2, 0) is 0 Å². The van der Waals surface area contributed by atoms with E-state index in [1.807, 2.05) is 7.05 Å². The van der Waals surface area contributed by atoms with Gasteiger partial charge in [-0.1, -0.05) is 12.1 Å². The molecule has 0 amide bonds. The molecule has 88 valence electrons. The molecule has 1 aliphatic carbocycles. The van der Waals surface area contributed by atoms with E-state index in [1.54, 1.807) is 0 Å². The fourth-order valence-electron chi connectivity index (χ4n) is 2.20. The molecular weight excluding hydrogens is 198 g/mol. The number of rotatable bonds is 4. The lowest BCUT2D eigenvalue weighted by atomic mass is 10.1. The first kappa shape index (κ1) is 11.5. The molecule has 1 N–H and O–H groups in total. The van der Waals surface area contributed by atoms with Crippen LogP contribution in [0.3, 0.4) is 0 Å². The second-order valence-electron chi connectivity index (χ2n) is 4.60. The highest BCUT2D eigenvalue weighted by atomic mass is 16.5. The van der Waals surface area contributed by atoms with E-state index in [9.17, 15) is 0 Å². The Morgan fingerprint density at radius 1 is 1.19 bits per heavy atom. The fraction of sp³-hybridized carbons (Fsp3) is 0.571. The van der Waals surface area contributed by atoms with Crippen molar-refractivity contribution in [3.63, 3.8) is 0 Å². The lowest BCUT2D eigenvalue weighted by Crippen LogP contribution is -2.13. The second kappa shape index (κ2) is 5.35. The Bertz CT molecular complexity index is 314. The molecule has 1 aliphatic rings. The van der Waals surface area contributed by atoms with Crippen molar-refractivity contribution in [3.05, 3.63) is 29.8 Å². The Morgan fingerprint density at radius 3 is 2.38 bits per heavy atom. The molecule has 0 spiro atoms. The third-order valence-electron chi connectivity index (χ3n) is 3.42. The zero-order valence-corrected chi connectivity index (χ0v) is 10.2. The van der Waals surface area contributed by atoms with Crippen LogP contribution in [0, 0.1) is 0 Å². The standard InChI is InChI=1S/C14H21NO/c1-11(15-2)12-7-9-14(10-8-12)16-13-5-3-4-6-13/h7-11,13,15H,3-6H2,1-2H3/t11-/m0/s1. The molecule has 0 radical (unpaired) electrons. The van der Waals surface area contributed by atoms with Crippen LogP contribution in [0.1, 0.15) is 44.2 Å². The van der Waals surface area contributed by atoms with Gasteiger partial charge in [0, 0.05) is 6.04 Å². The van der Waals surface area contributed by atoms with Crippen LogP contribution >= 0.6 is 0 Å². The van der Waals surface area contributed by atoms with Gasteiger partial charge < -0.3 is 10.1 Å². The Labute approximate surface area is 98.0 Å². The molecule has 2 rings (SSSR count). The van der Waals surface area contributed by atoms with Crippen LogP contribution in [0.25, 0.3) is 0 Å². The van der Waals surface area contributed by atoms with E-state index in [-0.39, 0.29) is 0 Å². The maximum atomic E-state index is 5.92. The third-order valence-corrected chi connectivity index (χ3v) is 3.42. The quantitative estimate of drug-likeness (QED) is 0.839. The number of nitrogens with one attached hydrogen (secondary N) is 1. The Balaban J connectivity index is 1.96. The SMILES string of the molecule is CN[C@@H](C)c1ccc(OC2CCCC2)cc1. The van der Waals surface area contributed by atoms with Gasteiger partial charge in [0.1, 0.15) is 5.75 Å². The molecule has 2 heteroatoms. The molecule has 0 aromatic heterocycles. The Morgan fingerprint density at radius 2 is 1.81 bits per heavy atom. The van der Waals surface area contributed by atoms with Crippen LogP contribution in [0.5, 0.6) is 5.75 Å². The summed E-state index contributed by atoms with van der Waals surface area (Å²) in [5.41, 5.74) is 1.31. The Hall–Kier alpha value is -1.02. The summed E-state index contributed by atoms with van der Waals surface area (Å²) in [6.07, 6.45) is 5.52. The van der Waals surface area contributed by atoms with E-state index < -0.39 is 0 Å². The highest BCUT2D eigenvalue weighted by Crippen LogP contribution is 2.25. The minimum absolute atomic E-state index is 0.403. The van der Waals surface area contributed by atoms with Crippen LogP contribution in [0.15, 0.2) is 24.3 Å². The van der Waals surface area contributed by atoms with Gasteiger partial charge in [-0.3, -0.25) is 0 Å². The summed E-state index contributed by atoms with van der Waals surface area (Å²) in [6, 6.07) is 8.86. The van der Waals surface area contributed by atoms with E-state index in [2.05, 4.69) is 36.5 Å². The molecule has 0 bridgehead atoms. The molecule has 16 heavy (non-hydrogen) atoms. The van der Waals surface area contributed by atoms with Crippen LogP contribution in [0.4, 0.5) is 0 Å². The average molecular weight is 219 g/mol. The number of hydrogen-bond acceptors (Lipinski definition) is 2. The van der Waals surface area contributed by atoms with Crippen molar-refractivity contribution in [3.8, 4) is 5.75 Å². The van der Waals surface area contributed by atoms with Crippen molar-refractivity contribution < 1.29 is 4.74 Å². The van der Waals surface area contributed by atoms with Crippen LogP contribution in [0.2, 0.25) is 0 Å². The zero-order chi connectivity index (χ0) is 11.4. The first-order valence-corrected chi connectivity index (χ1v) is 6.23. The molecule has 0 saturated heterocycles. The summed E-state index contributed by atoms with van der Waals surface area (Å²) in [5, 5.41) is 3.23. The van der Waals surface area contributed by atoms with Crippen molar-refractivity contribution in [2.75, 3.05) is 7.05 Å². The maximum Gasteiger partial charge on any atom is 0.119 e. The normalized spacial score (nSPS) is 18.6. The molecule has 1 fully saturated rings. The van der Waals surface area contributed by atoms with Crippen LogP contribution in [-0.4, -0.2) is 13.2 Å². The van der Waals surface area contributed by atoms with Gasteiger partial charge in [0.05, 0.1) is 6.10 Å². The van der Waals surface area contributed by atoms with Crippen molar-refractivity contribution in [2.45, 2.75) is 44.8 Å². The summed E-state index contributed by atoms with van der Waals surface area (Å²) in [7, 11) is 1.98. The highest BCUT2D eigenvalue weighted by molar-refractivity contribution is 5.29. The van der Waals surface area contributed by atoms with Gasteiger partial charge in [0.15, 0.2) is 0 Å². The molecule has 0 unspecified atom stereocenters. The van der Waals surface area contributed by atoms with E-state index in [0.717, 1.165) is 5.75 Å². The molecule has 1 atom stereocenters. The van der Waals surface area contributed by atoms with Crippen molar-refractivity contribution in [2.24, 2.45) is 0 Å². The third kappa shape index (κ3) is 2.76. The zero-order valence-electron chi connectivity index (χ0n) is 10.2. The van der Waals surface area contributed by atoms with Gasteiger partial charge >= 0.3 is 0 Å². The van der Waals surface area contributed by atoms with E-state index in [0.29, 0.717) is 12.1 Å². The summed E-state index contributed by atoms with van der Waals surface area (Å²) < 4.78 is 5.92. The molecule has 0 heterocycles. The number of ether oxygens (including phenoxy) is 1. The molecule has 1 saturated carbocycles. The van der Waals surface area contributed by atoms with Gasteiger partial charge in [-0.2, -0.15) is 0 Å².